The van der Waals surface area contributed by atoms with E-state index in [0.717, 1.165) is 24.8 Å². The molecule has 0 aromatic heterocycles. The molecule has 0 amide bonds. The molecule has 0 aliphatic carbocycles. The van der Waals surface area contributed by atoms with Gasteiger partial charge in [0.2, 0.25) is 0 Å². The van der Waals surface area contributed by atoms with E-state index >= 15 is 0 Å². The molecule has 0 radical (unpaired) electrons. The van der Waals surface area contributed by atoms with Gasteiger partial charge in [-0.05, 0) is 57.7 Å². The predicted octanol–water partition coefficient (Wildman–Crippen LogP) is 3.11. The fourth-order valence-electron chi connectivity index (χ4n) is 3.54. The maximum absolute atomic E-state index is 12.5. The van der Waals surface area contributed by atoms with Crippen LogP contribution in [0.1, 0.15) is 38.7 Å². The second-order valence-electron chi connectivity index (χ2n) is 7.89. The number of hydrogen-bond donors (Lipinski definition) is 3. The van der Waals surface area contributed by atoms with E-state index in [-0.39, 0.29) is 6.54 Å². The molecular weight excluding hydrogens is 381 g/mol. The van der Waals surface area contributed by atoms with E-state index in [1.54, 1.807) is 6.92 Å². The molecule has 2 rings (SSSR count). The van der Waals surface area contributed by atoms with Gasteiger partial charge in [0.1, 0.15) is 5.60 Å². The maximum atomic E-state index is 12.5. The zero-order valence-corrected chi connectivity index (χ0v) is 17.3. The van der Waals surface area contributed by atoms with Crippen molar-refractivity contribution in [3.05, 3.63) is 35.9 Å². The smallest absolute Gasteiger partial charge is 0.384 e. The Balaban J connectivity index is 1.77. The van der Waals surface area contributed by atoms with Crippen LogP contribution in [0.4, 0.5) is 13.2 Å². The van der Waals surface area contributed by atoms with E-state index in [0.29, 0.717) is 38.1 Å². The number of aliphatic hydroxyl groups is 1. The molecule has 3 N–H and O–H groups in total. The minimum absolute atomic E-state index is 0.224. The van der Waals surface area contributed by atoms with Crippen LogP contribution < -0.4 is 10.6 Å². The first-order valence-corrected chi connectivity index (χ1v) is 10.3. The lowest BCUT2D eigenvalue weighted by atomic mass is 9.93. The number of rotatable bonds is 8. The predicted molar refractivity (Wildman–Crippen MR) is 110 cm³/mol. The van der Waals surface area contributed by atoms with Gasteiger partial charge in [-0.1, -0.05) is 30.3 Å². The number of hydrogen-bond acceptors (Lipinski definition) is 3. The number of aliphatic imine (C=N–C) groups is 1. The van der Waals surface area contributed by atoms with Crippen LogP contribution >= 0.6 is 0 Å². The molecule has 1 aromatic carbocycles. The van der Waals surface area contributed by atoms with Crippen molar-refractivity contribution in [1.82, 2.24) is 15.5 Å². The Kier molecular flexibility index (Phi) is 8.77. The molecule has 1 atom stereocenters. The number of halogens is 3. The molecule has 0 saturated carbocycles. The third-order valence-electron chi connectivity index (χ3n) is 5.24. The Morgan fingerprint density at radius 2 is 1.83 bits per heavy atom. The minimum Gasteiger partial charge on any atom is -0.384 e. The lowest BCUT2D eigenvalue weighted by molar-refractivity contribution is -0.148. The fraction of sp³-hybridized carbons (Fsp3) is 0.667. The first-order valence-electron chi connectivity index (χ1n) is 10.3. The summed E-state index contributed by atoms with van der Waals surface area (Å²) in [4.78, 5) is 5.99. The van der Waals surface area contributed by atoms with Crippen LogP contribution in [-0.2, 0) is 5.60 Å². The number of likely N-dealkylation sites (tertiary alicyclic amines) is 1. The quantitative estimate of drug-likeness (QED) is 0.452. The SMILES string of the molecule is CCNC(=NCC(C)(O)c1ccccc1)NCCC1CCN(CC(F)(F)F)CC1. The first-order chi connectivity index (χ1) is 13.7. The molecule has 1 heterocycles. The van der Waals surface area contributed by atoms with Gasteiger partial charge in [-0.2, -0.15) is 13.2 Å². The van der Waals surface area contributed by atoms with Gasteiger partial charge in [-0.15, -0.1) is 0 Å². The standard InChI is InChI=1S/C21H33F3N4O/c1-3-25-19(27-15-20(2,29)18-7-5-4-6-8-18)26-12-9-17-10-13-28(14-11-17)16-21(22,23)24/h4-8,17,29H,3,9-16H2,1-2H3,(H2,25,26,27). The number of benzene rings is 1. The van der Waals surface area contributed by atoms with E-state index in [9.17, 15) is 18.3 Å². The van der Waals surface area contributed by atoms with Gasteiger partial charge < -0.3 is 15.7 Å². The third kappa shape index (κ3) is 8.62. The van der Waals surface area contributed by atoms with Gasteiger partial charge in [0.15, 0.2) is 5.96 Å². The Labute approximate surface area is 171 Å². The van der Waals surface area contributed by atoms with Crippen molar-refractivity contribution in [2.24, 2.45) is 10.9 Å². The van der Waals surface area contributed by atoms with Crippen molar-refractivity contribution < 1.29 is 18.3 Å². The highest BCUT2D eigenvalue weighted by atomic mass is 19.4. The van der Waals surface area contributed by atoms with Gasteiger partial charge in [0, 0.05) is 13.1 Å². The van der Waals surface area contributed by atoms with Gasteiger partial charge in [-0.25, -0.2) is 4.99 Å². The Morgan fingerprint density at radius 1 is 1.17 bits per heavy atom. The van der Waals surface area contributed by atoms with E-state index in [1.165, 1.54) is 4.90 Å². The second kappa shape index (κ2) is 10.8. The molecule has 1 fully saturated rings. The first kappa shape index (κ1) is 23.5. The lowest BCUT2D eigenvalue weighted by Gasteiger charge is -2.32. The van der Waals surface area contributed by atoms with Gasteiger partial charge in [0.25, 0.3) is 0 Å². The lowest BCUT2D eigenvalue weighted by Crippen LogP contribution is -2.42. The Morgan fingerprint density at radius 3 is 2.41 bits per heavy atom. The van der Waals surface area contributed by atoms with Crippen LogP contribution in [0, 0.1) is 5.92 Å². The summed E-state index contributed by atoms with van der Waals surface area (Å²) < 4.78 is 37.4. The molecule has 1 aliphatic heterocycles. The highest BCUT2D eigenvalue weighted by Gasteiger charge is 2.32. The molecule has 29 heavy (non-hydrogen) atoms. The van der Waals surface area contributed by atoms with Crippen LogP contribution in [0.25, 0.3) is 0 Å². The summed E-state index contributed by atoms with van der Waals surface area (Å²) in [7, 11) is 0. The molecule has 1 saturated heterocycles. The zero-order valence-electron chi connectivity index (χ0n) is 17.3. The molecule has 1 aliphatic rings. The summed E-state index contributed by atoms with van der Waals surface area (Å²) in [6, 6.07) is 9.43. The summed E-state index contributed by atoms with van der Waals surface area (Å²) in [5, 5.41) is 17.1. The molecule has 1 unspecified atom stereocenters. The van der Waals surface area contributed by atoms with Gasteiger partial charge >= 0.3 is 6.18 Å². The van der Waals surface area contributed by atoms with Crippen LogP contribution in [0.2, 0.25) is 0 Å². The molecule has 0 bridgehead atoms. The monoisotopic (exact) mass is 414 g/mol. The number of guanidine groups is 1. The van der Waals surface area contributed by atoms with Crippen molar-refractivity contribution >= 4 is 5.96 Å². The van der Waals surface area contributed by atoms with Gasteiger partial charge in [-0.3, -0.25) is 4.90 Å². The number of nitrogens with zero attached hydrogens (tertiary/aromatic N) is 2. The Bertz CT molecular complexity index is 627. The van der Waals surface area contributed by atoms with Crippen molar-refractivity contribution in [1.29, 1.82) is 0 Å². The topological polar surface area (TPSA) is 59.9 Å². The summed E-state index contributed by atoms with van der Waals surface area (Å²) >= 11 is 0. The average molecular weight is 415 g/mol. The van der Waals surface area contributed by atoms with Crippen molar-refractivity contribution in [3.8, 4) is 0 Å². The van der Waals surface area contributed by atoms with Crippen LogP contribution in [0.3, 0.4) is 0 Å². The van der Waals surface area contributed by atoms with Crippen LogP contribution in [0.15, 0.2) is 35.3 Å². The summed E-state index contributed by atoms with van der Waals surface area (Å²) in [5.41, 5.74) is -0.250. The molecule has 5 nitrogen and oxygen atoms in total. The average Bonchev–Trinajstić information content (AvgIpc) is 2.67. The summed E-state index contributed by atoms with van der Waals surface area (Å²) in [5.74, 6) is 1.06. The number of alkyl halides is 3. The number of piperidine rings is 1. The molecular formula is C21H33F3N4O. The summed E-state index contributed by atoms with van der Waals surface area (Å²) in [6.45, 7) is 5.53. The van der Waals surface area contributed by atoms with E-state index in [2.05, 4.69) is 15.6 Å². The molecule has 0 spiro atoms. The number of nitrogens with one attached hydrogen (secondary N) is 2. The van der Waals surface area contributed by atoms with E-state index in [1.807, 2.05) is 37.3 Å². The van der Waals surface area contributed by atoms with Crippen molar-refractivity contribution in [2.75, 3.05) is 39.3 Å². The maximum Gasteiger partial charge on any atom is 0.401 e. The van der Waals surface area contributed by atoms with E-state index < -0.39 is 18.3 Å². The Hall–Kier alpha value is -1.80. The largest absolute Gasteiger partial charge is 0.401 e. The highest BCUT2D eigenvalue weighted by Crippen LogP contribution is 2.24. The van der Waals surface area contributed by atoms with Crippen molar-refractivity contribution in [2.45, 2.75) is 44.9 Å². The molecule has 8 heteroatoms. The van der Waals surface area contributed by atoms with Gasteiger partial charge in [0.05, 0.1) is 13.1 Å². The fourth-order valence-corrected chi connectivity index (χ4v) is 3.54. The highest BCUT2D eigenvalue weighted by molar-refractivity contribution is 5.79. The van der Waals surface area contributed by atoms with Crippen LogP contribution in [0.5, 0.6) is 0 Å². The van der Waals surface area contributed by atoms with Crippen molar-refractivity contribution in [3.63, 3.8) is 0 Å². The normalized spacial score (nSPS) is 19.0. The second-order valence-corrected chi connectivity index (χ2v) is 7.89. The third-order valence-corrected chi connectivity index (χ3v) is 5.24. The molecule has 164 valence electrons. The van der Waals surface area contributed by atoms with Crippen LogP contribution in [-0.4, -0.2) is 61.4 Å². The molecule has 1 aromatic rings. The summed E-state index contributed by atoms with van der Waals surface area (Å²) in [6.07, 6.45) is -1.66. The van der Waals surface area contributed by atoms with E-state index in [4.69, 9.17) is 0 Å². The minimum atomic E-state index is -4.12. The zero-order chi connectivity index (χ0) is 21.3.